The van der Waals surface area contributed by atoms with Crippen LogP contribution < -0.4 is 15.4 Å². The average Bonchev–Trinajstić information content (AvgIpc) is 2.62. The van der Waals surface area contributed by atoms with Gasteiger partial charge in [0.05, 0.1) is 13.2 Å². The number of halogens is 2. The van der Waals surface area contributed by atoms with Gasteiger partial charge in [-0.25, -0.2) is 18.4 Å². The first-order valence-corrected chi connectivity index (χ1v) is 8.53. The Balaban J connectivity index is 1.60. The molecule has 1 heterocycles. The van der Waals surface area contributed by atoms with Crippen LogP contribution in [0.1, 0.15) is 19.8 Å². The fourth-order valence-electron chi connectivity index (χ4n) is 2.56. The normalized spacial score (nSPS) is 14.7. The number of hydrogen-bond acceptors (Lipinski definition) is 4. The van der Waals surface area contributed by atoms with Crippen LogP contribution in [0.5, 0.6) is 5.75 Å². The van der Waals surface area contributed by atoms with Crippen LogP contribution in [0.3, 0.4) is 0 Å². The number of nitrogens with zero attached hydrogens (tertiary/aromatic N) is 1. The molecule has 26 heavy (non-hydrogen) atoms. The molecule has 7 nitrogen and oxygen atoms in total. The number of benzene rings is 1. The Morgan fingerprint density at radius 2 is 1.96 bits per heavy atom. The van der Waals surface area contributed by atoms with Gasteiger partial charge in [0.1, 0.15) is 12.4 Å². The number of carbonyl (C=O) groups is 2. The molecule has 0 aromatic heterocycles. The van der Waals surface area contributed by atoms with Gasteiger partial charge in [0.15, 0.2) is 11.6 Å². The van der Waals surface area contributed by atoms with Crippen molar-refractivity contribution in [2.75, 3.05) is 32.8 Å². The van der Waals surface area contributed by atoms with E-state index in [9.17, 15) is 18.4 Å². The summed E-state index contributed by atoms with van der Waals surface area (Å²) in [6.07, 6.45) is 0.972. The highest BCUT2D eigenvalue weighted by Gasteiger charge is 2.24. The van der Waals surface area contributed by atoms with Crippen molar-refractivity contribution in [3.8, 4) is 5.75 Å². The van der Waals surface area contributed by atoms with Crippen molar-refractivity contribution < 1.29 is 27.8 Å². The van der Waals surface area contributed by atoms with Crippen LogP contribution in [0.4, 0.5) is 18.4 Å². The molecule has 144 valence electrons. The van der Waals surface area contributed by atoms with E-state index in [-0.39, 0.29) is 37.1 Å². The topological polar surface area (TPSA) is 79.9 Å². The summed E-state index contributed by atoms with van der Waals surface area (Å²) in [5, 5.41) is 5.46. The van der Waals surface area contributed by atoms with Crippen molar-refractivity contribution in [3.63, 3.8) is 0 Å². The molecule has 1 saturated heterocycles. The maximum absolute atomic E-state index is 13.0. The Morgan fingerprint density at radius 1 is 1.23 bits per heavy atom. The lowest BCUT2D eigenvalue weighted by atomic mass is 10.1. The molecule has 0 aliphatic carbocycles. The summed E-state index contributed by atoms with van der Waals surface area (Å²) >= 11 is 0. The maximum atomic E-state index is 13.0. The third-order valence-corrected chi connectivity index (χ3v) is 3.90. The van der Waals surface area contributed by atoms with Gasteiger partial charge in [0, 0.05) is 25.2 Å². The largest absolute Gasteiger partial charge is 0.492 e. The lowest BCUT2D eigenvalue weighted by Gasteiger charge is -2.31. The molecule has 1 aliphatic heterocycles. The second-order valence-electron chi connectivity index (χ2n) is 5.78. The van der Waals surface area contributed by atoms with E-state index in [0.29, 0.717) is 32.5 Å². The number of rotatable bonds is 6. The van der Waals surface area contributed by atoms with E-state index in [2.05, 4.69) is 10.6 Å². The summed E-state index contributed by atoms with van der Waals surface area (Å²) in [5.41, 5.74) is 0. The van der Waals surface area contributed by atoms with Crippen molar-refractivity contribution in [2.45, 2.75) is 25.8 Å². The first-order valence-electron chi connectivity index (χ1n) is 8.53. The molecule has 1 aromatic carbocycles. The number of carbonyl (C=O) groups excluding carboxylic acids is 2. The summed E-state index contributed by atoms with van der Waals surface area (Å²) in [6.45, 7) is 3.50. The average molecular weight is 371 g/mol. The molecule has 0 unspecified atom stereocenters. The molecule has 0 saturated carbocycles. The van der Waals surface area contributed by atoms with E-state index in [1.165, 1.54) is 6.07 Å². The van der Waals surface area contributed by atoms with Gasteiger partial charge in [-0.05, 0) is 31.9 Å². The maximum Gasteiger partial charge on any atom is 0.409 e. The highest BCUT2D eigenvalue weighted by atomic mass is 19.2. The molecular weight excluding hydrogens is 348 g/mol. The van der Waals surface area contributed by atoms with Crippen molar-refractivity contribution in [1.29, 1.82) is 0 Å². The first-order chi connectivity index (χ1) is 12.5. The number of hydrogen-bond donors (Lipinski definition) is 2. The van der Waals surface area contributed by atoms with Crippen LogP contribution >= 0.6 is 0 Å². The number of likely N-dealkylation sites (tertiary alicyclic amines) is 1. The van der Waals surface area contributed by atoms with E-state index >= 15 is 0 Å². The van der Waals surface area contributed by atoms with Crippen molar-refractivity contribution >= 4 is 12.1 Å². The molecule has 2 N–H and O–H groups in total. The zero-order valence-electron chi connectivity index (χ0n) is 14.6. The molecule has 1 aliphatic rings. The number of nitrogens with one attached hydrogen (secondary N) is 2. The van der Waals surface area contributed by atoms with E-state index in [0.717, 1.165) is 12.1 Å². The van der Waals surface area contributed by atoms with Crippen LogP contribution in [-0.2, 0) is 4.74 Å². The van der Waals surface area contributed by atoms with Crippen LogP contribution in [-0.4, -0.2) is 55.9 Å². The Morgan fingerprint density at radius 3 is 2.62 bits per heavy atom. The van der Waals surface area contributed by atoms with Gasteiger partial charge in [0.25, 0.3) is 0 Å². The van der Waals surface area contributed by atoms with E-state index in [1.54, 1.807) is 11.8 Å². The SMILES string of the molecule is CCOC(=O)N1CCC(NC(=O)NCCOc2ccc(F)c(F)c2)CC1. The zero-order chi connectivity index (χ0) is 18.9. The summed E-state index contributed by atoms with van der Waals surface area (Å²) in [4.78, 5) is 25.1. The Labute approximate surface area is 150 Å². The molecule has 0 atom stereocenters. The smallest absolute Gasteiger partial charge is 0.409 e. The fraction of sp³-hybridized carbons (Fsp3) is 0.529. The predicted molar refractivity (Wildman–Crippen MR) is 90.0 cm³/mol. The van der Waals surface area contributed by atoms with Gasteiger partial charge in [-0.3, -0.25) is 0 Å². The molecule has 9 heteroatoms. The Hall–Kier alpha value is -2.58. The lowest BCUT2D eigenvalue weighted by Crippen LogP contribution is -2.49. The molecule has 2 rings (SSSR count). The molecule has 3 amide bonds. The minimum absolute atomic E-state index is 0.0206. The molecule has 0 spiro atoms. The summed E-state index contributed by atoms with van der Waals surface area (Å²) in [7, 11) is 0. The quantitative estimate of drug-likeness (QED) is 0.752. The highest BCUT2D eigenvalue weighted by molar-refractivity contribution is 5.74. The number of urea groups is 1. The molecule has 1 aromatic rings. The lowest BCUT2D eigenvalue weighted by molar-refractivity contribution is 0.0957. The van der Waals surface area contributed by atoms with Gasteiger partial charge in [-0.1, -0.05) is 0 Å². The van der Waals surface area contributed by atoms with Gasteiger partial charge in [-0.2, -0.15) is 0 Å². The molecule has 0 bridgehead atoms. The van der Waals surface area contributed by atoms with Crippen molar-refractivity contribution in [3.05, 3.63) is 29.8 Å². The molecule has 1 fully saturated rings. The monoisotopic (exact) mass is 371 g/mol. The third-order valence-electron chi connectivity index (χ3n) is 3.90. The summed E-state index contributed by atoms with van der Waals surface area (Å²) in [5.74, 6) is -1.73. The summed E-state index contributed by atoms with van der Waals surface area (Å²) in [6, 6.07) is 2.89. The van der Waals surface area contributed by atoms with Gasteiger partial charge in [0.2, 0.25) is 0 Å². The zero-order valence-corrected chi connectivity index (χ0v) is 14.6. The minimum atomic E-state index is -0.984. The van der Waals surface area contributed by atoms with Gasteiger partial charge < -0.3 is 25.0 Å². The van der Waals surface area contributed by atoms with E-state index in [1.807, 2.05) is 0 Å². The van der Waals surface area contributed by atoms with E-state index in [4.69, 9.17) is 9.47 Å². The van der Waals surface area contributed by atoms with Crippen molar-refractivity contribution in [1.82, 2.24) is 15.5 Å². The van der Waals surface area contributed by atoms with Crippen LogP contribution in [0.25, 0.3) is 0 Å². The summed E-state index contributed by atoms with van der Waals surface area (Å²) < 4.78 is 36.0. The first kappa shape index (κ1) is 19.7. The number of amides is 3. The van der Waals surface area contributed by atoms with Gasteiger partial charge >= 0.3 is 12.1 Å². The van der Waals surface area contributed by atoms with E-state index < -0.39 is 11.6 Å². The Bertz CT molecular complexity index is 622. The minimum Gasteiger partial charge on any atom is -0.492 e. The van der Waals surface area contributed by atoms with Crippen molar-refractivity contribution in [2.24, 2.45) is 0 Å². The van der Waals surface area contributed by atoms with Crippen LogP contribution in [0, 0.1) is 11.6 Å². The molecule has 0 radical (unpaired) electrons. The second-order valence-corrected chi connectivity index (χ2v) is 5.78. The number of piperidine rings is 1. The fourth-order valence-corrected chi connectivity index (χ4v) is 2.56. The van der Waals surface area contributed by atoms with Crippen LogP contribution in [0.2, 0.25) is 0 Å². The predicted octanol–water partition coefficient (Wildman–Crippen LogP) is 2.26. The number of ether oxygens (including phenoxy) is 2. The standard InChI is InChI=1S/C17H23F2N3O4/c1-2-25-17(24)22-8-5-12(6-9-22)21-16(23)20-7-10-26-13-3-4-14(18)15(19)11-13/h3-4,11-12H,2,5-10H2,1H3,(H2,20,21,23). The third kappa shape index (κ3) is 6.05. The van der Waals surface area contributed by atoms with Crippen LogP contribution in [0.15, 0.2) is 18.2 Å². The Kier molecular flexibility index (Phi) is 7.43. The molecular formula is C17H23F2N3O4. The van der Waals surface area contributed by atoms with Gasteiger partial charge in [-0.15, -0.1) is 0 Å². The highest BCUT2D eigenvalue weighted by Crippen LogP contribution is 2.15. The second kappa shape index (κ2) is 9.79.